The zero-order valence-corrected chi connectivity index (χ0v) is 24.8. The molecule has 18 heteroatoms. The van der Waals surface area contributed by atoms with Crippen LogP contribution in [0.5, 0.6) is 5.75 Å². The van der Waals surface area contributed by atoms with Gasteiger partial charge in [-0.05, 0) is 78.8 Å². The van der Waals surface area contributed by atoms with Crippen molar-refractivity contribution >= 4 is 52.0 Å². The van der Waals surface area contributed by atoms with Gasteiger partial charge in [0.05, 0.1) is 22.8 Å². The van der Waals surface area contributed by atoms with Gasteiger partial charge in [-0.3, -0.25) is 9.69 Å². The van der Waals surface area contributed by atoms with E-state index in [9.17, 15) is 35.9 Å². The lowest BCUT2D eigenvalue weighted by Crippen LogP contribution is -2.31. The van der Waals surface area contributed by atoms with Gasteiger partial charge >= 0.3 is 17.7 Å². The fourth-order valence-electron chi connectivity index (χ4n) is 4.07. The van der Waals surface area contributed by atoms with Crippen molar-refractivity contribution in [3.8, 4) is 22.8 Å². The standard InChI is InChI=1S/C28H19F7N6O3S2/c1-15-2-9-22(44-13-27(30,31)32)21(10-15)41-23(42)12-45-26(41)38-25(43)37-20-8-3-16(11-19(20)29)24-36-14-40(39-24)17-4-6-18(7-5-17)46-28(33,34)35/h2-11,14H,12-13H2,1H3,(H,37,43). The van der Waals surface area contributed by atoms with Crippen LogP contribution in [0, 0.1) is 12.7 Å². The first-order valence-corrected chi connectivity index (χ1v) is 14.7. The molecule has 1 aliphatic rings. The molecule has 3 amide bonds. The molecule has 1 fully saturated rings. The van der Waals surface area contributed by atoms with Crippen molar-refractivity contribution < 1.29 is 45.1 Å². The molecule has 1 aromatic heterocycles. The number of carbonyl (C=O) groups is 2. The Labute approximate surface area is 263 Å². The van der Waals surface area contributed by atoms with Gasteiger partial charge in [0.15, 0.2) is 17.6 Å². The van der Waals surface area contributed by atoms with E-state index in [1.807, 2.05) is 0 Å². The van der Waals surface area contributed by atoms with Crippen molar-refractivity contribution in [3.63, 3.8) is 0 Å². The third-order valence-corrected chi connectivity index (χ3v) is 7.67. The second-order valence-electron chi connectivity index (χ2n) is 9.47. The van der Waals surface area contributed by atoms with Crippen LogP contribution < -0.4 is 15.0 Å². The number of nitrogens with one attached hydrogen (secondary N) is 1. The minimum Gasteiger partial charge on any atom is -0.482 e. The Morgan fingerprint density at radius 3 is 2.48 bits per heavy atom. The molecule has 3 aromatic carbocycles. The predicted octanol–water partition coefficient (Wildman–Crippen LogP) is 7.60. The second-order valence-corrected chi connectivity index (χ2v) is 11.5. The smallest absolute Gasteiger partial charge is 0.446 e. The first kappa shape index (κ1) is 32.8. The number of alkyl halides is 6. The third kappa shape index (κ3) is 8.16. The highest BCUT2D eigenvalue weighted by molar-refractivity contribution is 8.15. The summed E-state index contributed by atoms with van der Waals surface area (Å²) in [6.07, 6.45) is -3.34. The fraction of sp³-hybridized carbons (Fsp3) is 0.179. The van der Waals surface area contributed by atoms with E-state index < -0.39 is 36.0 Å². The van der Waals surface area contributed by atoms with Gasteiger partial charge in [-0.15, -0.1) is 5.10 Å². The molecule has 0 radical (unpaired) electrons. The van der Waals surface area contributed by atoms with Crippen LogP contribution in [0.2, 0.25) is 0 Å². The van der Waals surface area contributed by atoms with Crippen molar-refractivity contribution in [2.75, 3.05) is 22.6 Å². The summed E-state index contributed by atoms with van der Waals surface area (Å²) in [7, 11) is 0. The summed E-state index contributed by atoms with van der Waals surface area (Å²) in [5.74, 6) is -1.76. The van der Waals surface area contributed by atoms with Crippen LogP contribution in [0.3, 0.4) is 0 Å². The highest BCUT2D eigenvalue weighted by Gasteiger charge is 2.34. The Kier molecular flexibility index (Phi) is 9.29. The highest BCUT2D eigenvalue weighted by Crippen LogP contribution is 2.38. The van der Waals surface area contributed by atoms with Gasteiger partial charge in [-0.1, -0.05) is 17.8 Å². The van der Waals surface area contributed by atoms with Gasteiger partial charge < -0.3 is 10.1 Å². The maximum Gasteiger partial charge on any atom is 0.446 e. The van der Waals surface area contributed by atoms with Gasteiger partial charge in [0.25, 0.3) is 0 Å². The van der Waals surface area contributed by atoms with E-state index in [1.54, 1.807) is 6.92 Å². The van der Waals surface area contributed by atoms with Gasteiger partial charge in [-0.2, -0.15) is 31.3 Å². The molecule has 1 aliphatic heterocycles. The lowest BCUT2D eigenvalue weighted by Gasteiger charge is -2.21. The van der Waals surface area contributed by atoms with E-state index >= 15 is 4.39 Å². The minimum absolute atomic E-state index is 0.0119. The van der Waals surface area contributed by atoms with Crippen LogP contribution >= 0.6 is 23.5 Å². The number of aliphatic imine (C=N–C) groups is 1. The number of ether oxygens (including phenoxy) is 1. The van der Waals surface area contributed by atoms with Crippen LogP contribution in [-0.2, 0) is 4.79 Å². The number of hydrogen-bond acceptors (Lipinski definition) is 7. The molecule has 0 atom stereocenters. The molecule has 4 aromatic rings. The van der Waals surface area contributed by atoms with Crippen molar-refractivity contribution in [1.29, 1.82) is 0 Å². The third-order valence-electron chi connectivity index (χ3n) is 6.00. The number of aromatic nitrogens is 3. The molecular formula is C28H19F7N6O3S2. The summed E-state index contributed by atoms with van der Waals surface area (Å²) in [5, 5.41) is 6.34. The lowest BCUT2D eigenvalue weighted by molar-refractivity contribution is -0.153. The molecule has 240 valence electrons. The van der Waals surface area contributed by atoms with Gasteiger partial charge in [0.1, 0.15) is 17.9 Å². The Morgan fingerprint density at radius 2 is 1.80 bits per heavy atom. The first-order valence-electron chi connectivity index (χ1n) is 12.9. The fourth-order valence-corrected chi connectivity index (χ4v) is 5.47. The molecule has 0 bridgehead atoms. The molecule has 5 rings (SSSR count). The number of amides is 3. The number of rotatable bonds is 7. The average Bonchev–Trinajstić information content (AvgIpc) is 3.59. The maximum absolute atomic E-state index is 15.0. The topological polar surface area (TPSA) is 102 Å². The van der Waals surface area contributed by atoms with E-state index in [-0.39, 0.29) is 56.1 Å². The molecule has 2 heterocycles. The van der Waals surface area contributed by atoms with Crippen molar-refractivity contribution in [3.05, 3.63) is 78.4 Å². The Morgan fingerprint density at radius 1 is 1.07 bits per heavy atom. The minimum atomic E-state index is -4.63. The van der Waals surface area contributed by atoms with Gasteiger partial charge in [-0.25, -0.2) is 18.9 Å². The Balaban J connectivity index is 1.30. The number of urea groups is 1. The molecule has 0 spiro atoms. The van der Waals surface area contributed by atoms with Crippen LogP contribution in [0.1, 0.15) is 5.56 Å². The molecule has 0 aliphatic carbocycles. The molecule has 9 nitrogen and oxygen atoms in total. The van der Waals surface area contributed by atoms with E-state index in [0.717, 1.165) is 22.7 Å². The average molecular weight is 685 g/mol. The number of benzene rings is 3. The Bertz CT molecular complexity index is 1810. The first-order chi connectivity index (χ1) is 21.6. The largest absolute Gasteiger partial charge is 0.482 e. The molecule has 0 saturated carbocycles. The summed E-state index contributed by atoms with van der Waals surface area (Å²) >= 11 is 0.604. The van der Waals surface area contributed by atoms with Crippen LogP contribution in [0.25, 0.3) is 17.1 Å². The van der Waals surface area contributed by atoms with Gasteiger partial charge in [0, 0.05) is 10.5 Å². The number of amidine groups is 1. The van der Waals surface area contributed by atoms with E-state index in [0.29, 0.717) is 11.3 Å². The van der Waals surface area contributed by atoms with Crippen molar-refractivity contribution in [2.24, 2.45) is 4.99 Å². The van der Waals surface area contributed by atoms with Crippen LogP contribution in [0.4, 0.5) is 46.9 Å². The molecule has 1 N–H and O–H groups in total. The SMILES string of the molecule is Cc1ccc(OCC(F)(F)F)c(N2C(=O)CSC2=NC(=O)Nc2ccc(-c3ncn(-c4ccc(SC(F)(F)F)cc4)n3)cc2F)c1. The molecule has 1 saturated heterocycles. The number of anilines is 2. The summed E-state index contributed by atoms with van der Waals surface area (Å²) in [6.45, 7) is 0.0484. The quantitative estimate of drug-likeness (QED) is 0.158. The van der Waals surface area contributed by atoms with E-state index in [1.165, 1.54) is 65.6 Å². The summed E-state index contributed by atoms with van der Waals surface area (Å²) in [4.78, 5) is 34.3. The lowest BCUT2D eigenvalue weighted by atomic mass is 10.2. The summed E-state index contributed by atoms with van der Waals surface area (Å²) in [5.41, 5.74) is -3.51. The van der Waals surface area contributed by atoms with Crippen LogP contribution in [-0.4, -0.2) is 55.9 Å². The second kappa shape index (κ2) is 13.0. The Hall–Kier alpha value is -4.58. The normalized spacial score (nSPS) is 14.7. The van der Waals surface area contributed by atoms with Crippen molar-refractivity contribution in [2.45, 2.75) is 23.5 Å². The summed E-state index contributed by atoms with van der Waals surface area (Å²) in [6, 6.07) is 12.2. The number of aryl methyl sites for hydroxylation is 1. The number of halogens is 7. The number of thioether (sulfide) groups is 2. The molecular weight excluding hydrogens is 665 g/mol. The summed E-state index contributed by atoms with van der Waals surface area (Å²) < 4.78 is 97.3. The van der Waals surface area contributed by atoms with Crippen LogP contribution in [0.15, 0.2) is 76.9 Å². The number of nitrogens with zero attached hydrogens (tertiary/aromatic N) is 5. The number of carbonyl (C=O) groups excluding carboxylic acids is 2. The van der Waals surface area contributed by atoms with Crippen molar-refractivity contribution in [1.82, 2.24) is 14.8 Å². The van der Waals surface area contributed by atoms with E-state index in [2.05, 4.69) is 20.4 Å². The molecule has 46 heavy (non-hydrogen) atoms. The zero-order chi connectivity index (χ0) is 33.2. The number of hydrogen-bond donors (Lipinski definition) is 1. The zero-order valence-electron chi connectivity index (χ0n) is 23.2. The van der Waals surface area contributed by atoms with E-state index in [4.69, 9.17) is 4.74 Å². The maximum atomic E-state index is 15.0. The molecule has 0 unspecified atom stereocenters. The monoisotopic (exact) mass is 684 g/mol. The highest BCUT2D eigenvalue weighted by atomic mass is 32.2. The van der Waals surface area contributed by atoms with Gasteiger partial charge in [0.2, 0.25) is 5.91 Å². The predicted molar refractivity (Wildman–Crippen MR) is 158 cm³/mol.